The molecular formula is C19H21F3N8O. The van der Waals surface area contributed by atoms with Gasteiger partial charge >= 0.3 is 6.18 Å². The van der Waals surface area contributed by atoms with E-state index < -0.39 is 24.7 Å². The van der Waals surface area contributed by atoms with Gasteiger partial charge < -0.3 is 20.5 Å². The average molecular weight is 434 g/mol. The number of nitrogens with one attached hydrogen (secondary N) is 3. The maximum Gasteiger partial charge on any atom is 0.405 e. The molecule has 1 saturated heterocycles. The van der Waals surface area contributed by atoms with E-state index in [0.717, 1.165) is 31.3 Å². The molecule has 3 N–H and O–H groups in total. The highest BCUT2D eigenvalue weighted by Gasteiger charge is 2.29. The standard InChI is InChI=1S/C19H21F3N8O/c1-11(18(31)25-9-19(20,21)22)27-14-6-15(30-4-2-3-5-30)29-17(28-14)13-8-24-16-12(13)7-23-10-26-16/h6-8,10-11H,2-5,9H2,1H3,(H,25,31)(H,23,24,26)(H,27,28,29). The van der Waals surface area contributed by atoms with Crippen LogP contribution in [0.25, 0.3) is 22.4 Å². The van der Waals surface area contributed by atoms with Gasteiger partial charge in [-0.1, -0.05) is 0 Å². The molecule has 31 heavy (non-hydrogen) atoms. The first-order chi connectivity index (χ1) is 14.8. The van der Waals surface area contributed by atoms with Crippen LogP contribution in [0, 0.1) is 0 Å². The number of anilines is 2. The Bertz CT molecular complexity index is 1080. The summed E-state index contributed by atoms with van der Waals surface area (Å²) < 4.78 is 37.2. The van der Waals surface area contributed by atoms with Crippen LogP contribution < -0.4 is 15.5 Å². The highest BCUT2D eigenvalue weighted by atomic mass is 19.4. The van der Waals surface area contributed by atoms with Crippen LogP contribution in [0.4, 0.5) is 24.8 Å². The van der Waals surface area contributed by atoms with E-state index in [4.69, 9.17) is 0 Å². The number of hydrogen-bond donors (Lipinski definition) is 3. The van der Waals surface area contributed by atoms with Crippen molar-refractivity contribution in [3.8, 4) is 11.4 Å². The highest BCUT2D eigenvalue weighted by molar-refractivity contribution is 5.91. The second-order valence-corrected chi connectivity index (χ2v) is 7.32. The van der Waals surface area contributed by atoms with Gasteiger partial charge in [0.25, 0.3) is 0 Å². The Balaban J connectivity index is 1.63. The Labute approximate surface area is 175 Å². The number of rotatable bonds is 6. The van der Waals surface area contributed by atoms with Gasteiger partial charge in [0.2, 0.25) is 5.91 Å². The number of H-pyrrole nitrogens is 1. The van der Waals surface area contributed by atoms with Crippen LogP contribution in [0.15, 0.2) is 24.8 Å². The molecule has 3 aromatic rings. The Kier molecular flexibility index (Phi) is 5.61. The van der Waals surface area contributed by atoms with Crippen LogP contribution in [0.5, 0.6) is 0 Å². The van der Waals surface area contributed by atoms with Crippen molar-refractivity contribution in [2.24, 2.45) is 0 Å². The fraction of sp³-hybridized carbons (Fsp3) is 0.421. The lowest BCUT2D eigenvalue weighted by molar-refractivity contribution is -0.138. The molecule has 0 spiro atoms. The Morgan fingerprint density at radius 1 is 1.29 bits per heavy atom. The Morgan fingerprint density at radius 2 is 2.06 bits per heavy atom. The molecule has 0 aliphatic carbocycles. The van der Waals surface area contributed by atoms with Gasteiger partial charge in [0.15, 0.2) is 5.82 Å². The molecule has 1 atom stereocenters. The highest BCUT2D eigenvalue weighted by Crippen LogP contribution is 2.29. The predicted octanol–water partition coefficient (Wildman–Crippen LogP) is 2.49. The minimum atomic E-state index is -4.47. The number of halogens is 3. The molecule has 0 bridgehead atoms. The zero-order chi connectivity index (χ0) is 22.0. The first-order valence-electron chi connectivity index (χ1n) is 9.82. The molecule has 1 aliphatic rings. The topological polar surface area (TPSA) is 112 Å². The van der Waals surface area contributed by atoms with Gasteiger partial charge in [0.05, 0.1) is 0 Å². The maximum absolute atomic E-state index is 12.4. The second-order valence-electron chi connectivity index (χ2n) is 7.32. The molecule has 9 nitrogen and oxygen atoms in total. The molecule has 0 aromatic carbocycles. The second kappa shape index (κ2) is 8.36. The summed E-state index contributed by atoms with van der Waals surface area (Å²) in [6, 6.07) is 0.774. The van der Waals surface area contributed by atoms with E-state index in [0.29, 0.717) is 28.7 Å². The van der Waals surface area contributed by atoms with Crippen LogP contribution in [-0.2, 0) is 4.79 Å². The van der Waals surface area contributed by atoms with Crippen molar-refractivity contribution in [3.05, 3.63) is 24.8 Å². The quantitative estimate of drug-likeness (QED) is 0.547. The van der Waals surface area contributed by atoms with Crippen LogP contribution in [-0.4, -0.2) is 62.7 Å². The number of amides is 1. The molecule has 12 heteroatoms. The summed E-state index contributed by atoms with van der Waals surface area (Å²) in [6.07, 6.45) is 2.42. The number of carbonyl (C=O) groups is 1. The zero-order valence-electron chi connectivity index (χ0n) is 16.7. The molecule has 4 rings (SSSR count). The monoisotopic (exact) mass is 434 g/mol. The smallest absolute Gasteiger partial charge is 0.358 e. The summed E-state index contributed by atoms with van der Waals surface area (Å²) in [7, 11) is 0. The molecule has 1 amide bonds. The summed E-state index contributed by atoms with van der Waals surface area (Å²) in [5.41, 5.74) is 1.32. The van der Waals surface area contributed by atoms with E-state index >= 15 is 0 Å². The van der Waals surface area contributed by atoms with Crippen molar-refractivity contribution in [2.75, 3.05) is 29.9 Å². The fourth-order valence-electron chi connectivity index (χ4n) is 3.41. The molecule has 3 aromatic heterocycles. The predicted molar refractivity (Wildman–Crippen MR) is 109 cm³/mol. The van der Waals surface area contributed by atoms with E-state index in [1.807, 2.05) is 5.32 Å². The summed E-state index contributed by atoms with van der Waals surface area (Å²) >= 11 is 0. The summed E-state index contributed by atoms with van der Waals surface area (Å²) in [5.74, 6) is 0.642. The van der Waals surface area contributed by atoms with Crippen molar-refractivity contribution >= 4 is 28.6 Å². The van der Waals surface area contributed by atoms with Gasteiger partial charge in [-0.15, -0.1) is 0 Å². The normalized spacial score (nSPS) is 15.3. The Morgan fingerprint density at radius 3 is 2.81 bits per heavy atom. The first-order valence-corrected chi connectivity index (χ1v) is 9.82. The first kappa shape index (κ1) is 20.8. The number of nitrogens with zero attached hydrogens (tertiary/aromatic N) is 5. The van der Waals surface area contributed by atoms with E-state index in [-0.39, 0.29) is 0 Å². The number of aromatic nitrogens is 5. The van der Waals surface area contributed by atoms with E-state index in [1.54, 1.807) is 18.5 Å². The van der Waals surface area contributed by atoms with Crippen LogP contribution in [0.1, 0.15) is 19.8 Å². The maximum atomic E-state index is 12.4. The van der Waals surface area contributed by atoms with Gasteiger partial charge in [-0.05, 0) is 19.8 Å². The number of aromatic amines is 1. The third-order valence-corrected chi connectivity index (χ3v) is 4.96. The van der Waals surface area contributed by atoms with Crippen molar-refractivity contribution in [1.82, 2.24) is 30.2 Å². The minimum Gasteiger partial charge on any atom is -0.358 e. The molecule has 1 fully saturated rings. The van der Waals surface area contributed by atoms with Gasteiger partial charge in [-0.2, -0.15) is 13.2 Å². The number of hydrogen-bond acceptors (Lipinski definition) is 7. The molecule has 164 valence electrons. The van der Waals surface area contributed by atoms with Gasteiger partial charge in [-0.3, -0.25) is 4.79 Å². The molecule has 1 unspecified atom stereocenters. The van der Waals surface area contributed by atoms with Crippen molar-refractivity contribution in [1.29, 1.82) is 0 Å². The van der Waals surface area contributed by atoms with E-state index in [9.17, 15) is 18.0 Å². The van der Waals surface area contributed by atoms with E-state index in [1.165, 1.54) is 13.3 Å². The van der Waals surface area contributed by atoms with Crippen LogP contribution >= 0.6 is 0 Å². The van der Waals surface area contributed by atoms with Crippen molar-refractivity contribution in [2.45, 2.75) is 32.0 Å². The summed E-state index contributed by atoms with van der Waals surface area (Å²) in [6.45, 7) is 1.77. The number of fused-ring (bicyclic) bond motifs is 1. The third kappa shape index (κ3) is 4.84. The van der Waals surface area contributed by atoms with Gasteiger partial charge in [0, 0.05) is 42.5 Å². The van der Waals surface area contributed by atoms with Crippen molar-refractivity contribution in [3.63, 3.8) is 0 Å². The number of alkyl halides is 3. The van der Waals surface area contributed by atoms with Crippen LogP contribution in [0.2, 0.25) is 0 Å². The Hall–Kier alpha value is -3.44. The molecule has 0 radical (unpaired) electrons. The summed E-state index contributed by atoms with van der Waals surface area (Å²) in [4.78, 5) is 34.6. The van der Waals surface area contributed by atoms with Crippen LogP contribution in [0.3, 0.4) is 0 Å². The average Bonchev–Trinajstić information content (AvgIpc) is 3.41. The number of carbonyl (C=O) groups excluding carboxylic acids is 1. The molecule has 4 heterocycles. The largest absolute Gasteiger partial charge is 0.405 e. The lowest BCUT2D eigenvalue weighted by Gasteiger charge is -2.20. The van der Waals surface area contributed by atoms with Crippen molar-refractivity contribution < 1.29 is 18.0 Å². The lowest BCUT2D eigenvalue weighted by Crippen LogP contribution is -2.42. The van der Waals surface area contributed by atoms with Gasteiger partial charge in [0.1, 0.15) is 36.2 Å². The SMILES string of the molecule is CC(Nc1cc(N2CCCC2)nc(-c2c[nH]c3ncncc23)n1)C(=O)NCC(F)(F)F. The zero-order valence-corrected chi connectivity index (χ0v) is 16.7. The molecule has 1 aliphatic heterocycles. The minimum absolute atomic E-state index is 0.341. The van der Waals surface area contributed by atoms with E-state index in [2.05, 4.69) is 35.1 Å². The summed E-state index contributed by atoms with van der Waals surface area (Å²) in [5, 5.41) is 5.51. The molecule has 0 saturated carbocycles. The lowest BCUT2D eigenvalue weighted by atomic mass is 10.2. The third-order valence-electron chi connectivity index (χ3n) is 4.96. The fourth-order valence-corrected chi connectivity index (χ4v) is 3.41. The van der Waals surface area contributed by atoms with Gasteiger partial charge in [-0.25, -0.2) is 19.9 Å². The molecular weight excluding hydrogens is 413 g/mol.